The minimum Gasteiger partial charge on any atom is -0.478 e. The van der Waals surface area contributed by atoms with Crippen LogP contribution in [-0.4, -0.2) is 42.8 Å². The summed E-state index contributed by atoms with van der Waals surface area (Å²) in [5.41, 5.74) is -0.227. The Morgan fingerprint density at radius 1 is 1.38 bits per heavy atom. The monoisotopic (exact) mass is 296 g/mol. The number of hydrogen-bond acceptors (Lipinski definition) is 4. The lowest BCUT2D eigenvalue weighted by Crippen LogP contribution is -2.34. The zero-order valence-corrected chi connectivity index (χ0v) is 11.4. The Morgan fingerprint density at radius 3 is 2.71 bits per heavy atom. The normalized spacial score (nSPS) is 15.7. The molecule has 3 N–H and O–H groups in total. The number of nitrogens with one attached hydrogen (secondary N) is 2. The van der Waals surface area contributed by atoms with Crippen molar-refractivity contribution in [1.82, 2.24) is 5.32 Å². The van der Waals surface area contributed by atoms with Crippen molar-refractivity contribution in [2.75, 3.05) is 25.0 Å². The fourth-order valence-electron chi connectivity index (χ4n) is 2.09. The predicted molar refractivity (Wildman–Crippen MR) is 73.8 cm³/mol. The van der Waals surface area contributed by atoms with Gasteiger partial charge in [-0.3, -0.25) is 4.79 Å². The van der Waals surface area contributed by atoms with Crippen LogP contribution in [0.2, 0.25) is 0 Å². The topological polar surface area (TPSA) is 87.7 Å². The summed E-state index contributed by atoms with van der Waals surface area (Å²) in [5, 5.41) is 14.3. The Balaban J connectivity index is 1.85. The number of rotatable bonds is 5. The summed E-state index contributed by atoms with van der Waals surface area (Å²) in [6.45, 7) is 1.57. The molecule has 1 fully saturated rings. The molecule has 0 saturated carbocycles. The van der Waals surface area contributed by atoms with E-state index in [1.54, 1.807) is 0 Å². The van der Waals surface area contributed by atoms with Gasteiger partial charge in [-0.15, -0.1) is 0 Å². The van der Waals surface area contributed by atoms with Crippen LogP contribution < -0.4 is 10.6 Å². The van der Waals surface area contributed by atoms with Gasteiger partial charge in [0.1, 0.15) is 12.4 Å². The maximum Gasteiger partial charge on any atom is 0.335 e. The van der Waals surface area contributed by atoms with Gasteiger partial charge in [-0.25, -0.2) is 9.18 Å². The molecule has 0 atom stereocenters. The first-order valence-corrected chi connectivity index (χ1v) is 6.71. The average molecular weight is 296 g/mol. The summed E-state index contributed by atoms with van der Waals surface area (Å²) in [6, 6.07) is 3.32. The predicted octanol–water partition coefficient (Wildman–Crippen LogP) is 1.23. The van der Waals surface area contributed by atoms with Gasteiger partial charge in [-0.1, -0.05) is 0 Å². The summed E-state index contributed by atoms with van der Waals surface area (Å²) >= 11 is 0. The van der Waals surface area contributed by atoms with Crippen molar-refractivity contribution in [3.8, 4) is 0 Å². The second kappa shape index (κ2) is 7.14. The summed E-state index contributed by atoms with van der Waals surface area (Å²) in [4.78, 5) is 22.4. The third-order valence-electron chi connectivity index (χ3n) is 3.23. The Bertz CT molecular complexity index is 530. The number of piperidine rings is 1. The van der Waals surface area contributed by atoms with Gasteiger partial charge in [0.15, 0.2) is 0 Å². The number of carboxylic acid groups (broad SMARTS) is 1. The first-order chi connectivity index (χ1) is 10.1. The molecule has 1 aromatic carbocycles. The number of anilines is 1. The van der Waals surface area contributed by atoms with Crippen LogP contribution in [0.5, 0.6) is 0 Å². The first kappa shape index (κ1) is 15.4. The van der Waals surface area contributed by atoms with Crippen molar-refractivity contribution in [3.63, 3.8) is 0 Å². The SMILES string of the molecule is O=C(COC1CCNCC1)Nc1ccc(C(=O)O)cc1F. The number of carbonyl (C=O) groups excluding carboxylic acids is 1. The van der Waals surface area contributed by atoms with Crippen LogP contribution in [0.4, 0.5) is 10.1 Å². The molecular formula is C14H17FN2O4. The average Bonchev–Trinajstić information content (AvgIpc) is 2.48. The second-order valence-electron chi connectivity index (χ2n) is 4.81. The number of carboxylic acids is 1. The standard InChI is InChI=1S/C14H17FN2O4/c15-11-7-9(14(19)20)1-2-12(11)17-13(18)8-21-10-3-5-16-6-4-10/h1-2,7,10,16H,3-6,8H2,(H,17,18)(H,19,20). The van der Waals surface area contributed by atoms with Crippen LogP contribution in [0, 0.1) is 5.82 Å². The largest absolute Gasteiger partial charge is 0.478 e. The van der Waals surface area contributed by atoms with E-state index in [4.69, 9.17) is 9.84 Å². The molecule has 7 heteroatoms. The molecule has 1 aliphatic rings. The van der Waals surface area contributed by atoms with Gasteiger partial charge in [0.25, 0.3) is 0 Å². The van der Waals surface area contributed by atoms with E-state index >= 15 is 0 Å². The van der Waals surface area contributed by atoms with Crippen molar-refractivity contribution in [1.29, 1.82) is 0 Å². The smallest absolute Gasteiger partial charge is 0.335 e. The van der Waals surface area contributed by atoms with E-state index in [1.807, 2.05) is 0 Å². The lowest BCUT2D eigenvalue weighted by Gasteiger charge is -2.22. The van der Waals surface area contributed by atoms with Crippen molar-refractivity contribution >= 4 is 17.6 Å². The molecule has 0 unspecified atom stereocenters. The number of hydrogen-bond donors (Lipinski definition) is 3. The molecule has 2 rings (SSSR count). The van der Waals surface area contributed by atoms with E-state index in [-0.39, 0.29) is 24.0 Å². The van der Waals surface area contributed by atoms with Gasteiger partial charge < -0.3 is 20.5 Å². The second-order valence-corrected chi connectivity index (χ2v) is 4.81. The van der Waals surface area contributed by atoms with E-state index in [0.29, 0.717) is 0 Å². The minimum atomic E-state index is -1.22. The number of halogens is 1. The highest BCUT2D eigenvalue weighted by atomic mass is 19.1. The van der Waals surface area contributed by atoms with Crippen LogP contribution in [0.15, 0.2) is 18.2 Å². The number of benzene rings is 1. The molecule has 1 heterocycles. The van der Waals surface area contributed by atoms with Gasteiger partial charge in [-0.05, 0) is 44.1 Å². The molecule has 0 spiro atoms. The molecule has 1 amide bonds. The third-order valence-corrected chi connectivity index (χ3v) is 3.23. The van der Waals surface area contributed by atoms with Crippen LogP contribution in [0.25, 0.3) is 0 Å². The Labute approximate surface area is 121 Å². The highest BCUT2D eigenvalue weighted by Gasteiger charge is 2.16. The van der Waals surface area contributed by atoms with Crippen LogP contribution in [0.3, 0.4) is 0 Å². The fourth-order valence-corrected chi connectivity index (χ4v) is 2.09. The summed E-state index contributed by atoms with van der Waals surface area (Å²) in [5.74, 6) is -2.47. The molecule has 1 aliphatic heterocycles. The minimum absolute atomic E-state index is 0.0382. The lowest BCUT2D eigenvalue weighted by atomic mass is 10.1. The van der Waals surface area contributed by atoms with E-state index < -0.39 is 17.7 Å². The van der Waals surface area contributed by atoms with Gasteiger partial charge in [0, 0.05) is 0 Å². The van der Waals surface area contributed by atoms with Crippen molar-refractivity contribution < 1.29 is 23.8 Å². The third kappa shape index (κ3) is 4.51. The van der Waals surface area contributed by atoms with E-state index in [2.05, 4.69) is 10.6 Å². The molecule has 6 nitrogen and oxygen atoms in total. The highest BCUT2D eigenvalue weighted by molar-refractivity contribution is 5.93. The van der Waals surface area contributed by atoms with Crippen molar-refractivity contribution in [2.45, 2.75) is 18.9 Å². The maximum atomic E-state index is 13.6. The Hall–Kier alpha value is -1.99. The van der Waals surface area contributed by atoms with Crippen LogP contribution in [-0.2, 0) is 9.53 Å². The molecule has 1 saturated heterocycles. The summed E-state index contributed by atoms with van der Waals surface area (Å²) in [6.07, 6.45) is 1.72. The van der Waals surface area contributed by atoms with Crippen molar-refractivity contribution in [3.05, 3.63) is 29.6 Å². The fraction of sp³-hybridized carbons (Fsp3) is 0.429. The molecule has 0 bridgehead atoms. The zero-order chi connectivity index (χ0) is 15.2. The van der Waals surface area contributed by atoms with Crippen LogP contribution in [0.1, 0.15) is 23.2 Å². The number of aromatic carboxylic acids is 1. The van der Waals surface area contributed by atoms with E-state index in [9.17, 15) is 14.0 Å². The molecule has 114 valence electrons. The summed E-state index contributed by atoms with van der Waals surface area (Å²) < 4.78 is 19.1. The Morgan fingerprint density at radius 2 is 2.10 bits per heavy atom. The highest BCUT2D eigenvalue weighted by Crippen LogP contribution is 2.16. The molecule has 1 aromatic rings. The molecule has 0 aliphatic carbocycles. The van der Waals surface area contributed by atoms with E-state index in [1.165, 1.54) is 12.1 Å². The van der Waals surface area contributed by atoms with Gasteiger partial charge >= 0.3 is 5.97 Å². The van der Waals surface area contributed by atoms with Gasteiger partial charge in [-0.2, -0.15) is 0 Å². The number of carbonyl (C=O) groups is 2. The van der Waals surface area contributed by atoms with E-state index in [0.717, 1.165) is 32.0 Å². The van der Waals surface area contributed by atoms with Crippen LogP contribution >= 0.6 is 0 Å². The Kier molecular flexibility index (Phi) is 5.24. The molecule has 0 radical (unpaired) electrons. The molecular weight excluding hydrogens is 279 g/mol. The zero-order valence-electron chi connectivity index (χ0n) is 11.4. The van der Waals surface area contributed by atoms with Gasteiger partial charge in [0.05, 0.1) is 17.4 Å². The number of amides is 1. The summed E-state index contributed by atoms with van der Waals surface area (Å²) in [7, 11) is 0. The quantitative estimate of drug-likeness (QED) is 0.760. The molecule has 0 aromatic heterocycles. The van der Waals surface area contributed by atoms with Gasteiger partial charge in [0.2, 0.25) is 5.91 Å². The maximum absolute atomic E-state index is 13.6. The first-order valence-electron chi connectivity index (χ1n) is 6.71. The number of ether oxygens (including phenoxy) is 1. The van der Waals surface area contributed by atoms with Crippen molar-refractivity contribution in [2.24, 2.45) is 0 Å². The molecule has 21 heavy (non-hydrogen) atoms. The lowest BCUT2D eigenvalue weighted by molar-refractivity contribution is -0.123.